The maximum Gasteiger partial charge on any atom is 0.253 e. The molecule has 0 spiro atoms. The number of aromatic amines is 1. The van der Waals surface area contributed by atoms with E-state index in [4.69, 9.17) is 4.74 Å². The lowest BCUT2D eigenvalue weighted by Crippen LogP contribution is -2.32. The monoisotopic (exact) mass is 408 g/mol. The summed E-state index contributed by atoms with van der Waals surface area (Å²) < 4.78 is 19.3. The Balaban J connectivity index is 1.48. The van der Waals surface area contributed by atoms with Gasteiger partial charge in [-0.3, -0.25) is 9.89 Å². The summed E-state index contributed by atoms with van der Waals surface area (Å²) in [6.07, 6.45) is 3.35. The summed E-state index contributed by atoms with van der Waals surface area (Å²) in [5.74, 6) is 0.00921. The summed E-state index contributed by atoms with van der Waals surface area (Å²) in [5, 5.41) is 10.2. The molecule has 0 unspecified atom stereocenters. The maximum atomic E-state index is 13.9. The molecule has 3 aromatic rings. The van der Waals surface area contributed by atoms with Crippen molar-refractivity contribution in [3.8, 4) is 17.0 Å². The van der Waals surface area contributed by atoms with E-state index in [1.54, 1.807) is 13.2 Å². The number of carbonyl (C=O) groups is 1. The van der Waals surface area contributed by atoms with Crippen molar-refractivity contribution in [2.75, 3.05) is 25.1 Å². The van der Waals surface area contributed by atoms with Gasteiger partial charge in [-0.25, -0.2) is 4.39 Å². The Labute approximate surface area is 175 Å². The average molecular weight is 408 g/mol. The number of nitrogens with one attached hydrogen (secondary N) is 2. The van der Waals surface area contributed by atoms with E-state index >= 15 is 0 Å². The van der Waals surface area contributed by atoms with Gasteiger partial charge in [0.25, 0.3) is 5.91 Å². The predicted octanol–water partition coefficient (Wildman–Crippen LogP) is 4.14. The number of halogens is 1. The molecule has 0 aliphatic carbocycles. The Morgan fingerprint density at radius 3 is 2.77 bits per heavy atom. The number of ether oxygens (including phenoxy) is 1. The minimum absolute atomic E-state index is 0.261. The van der Waals surface area contributed by atoms with Crippen LogP contribution in [-0.4, -0.2) is 36.3 Å². The van der Waals surface area contributed by atoms with Gasteiger partial charge in [-0.05, 0) is 55.7 Å². The highest BCUT2D eigenvalue weighted by Gasteiger charge is 2.19. The van der Waals surface area contributed by atoms with Crippen molar-refractivity contribution in [3.05, 3.63) is 65.6 Å². The number of amides is 1. The molecule has 0 bridgehead atoms. The first-order valence-electron chi connectivity index (χ1n) is 10.2. The van der Waals surface area contributed by atoms with Crippen LogP contribution in [0.3, 0.4) is 0 Å². The summed E-state index contributed by atoms with van der Waals surface area (Å²) in [5.41, 5.74) is 3.50. The van der Waals surface area contributed by atoms with Gasteiger partial charge >= 0.3 is 0 Å². The lowest BCUT2D eigenvalue weighted by atomic mass is 10.1. The van der Waals surface area contributed by atoms with Gasteiger partial charge in [-0.1, -0.05) is 12.1 Å². The first-order valence-corrected chi connectivity index (χ1v) is 10.2. The molecule has 1 saturated heterocycles. The number of nitrogens with zero attached hydrogens (tertiary/aromatic N) is 2. The van der Waals surface area contributed by atoms with Crippen molar-refractivity contribution < 1.29 is 13.9 Å². The first kappa shape index (κ1) is 19.9. The fraction of sp³-hybridized carbons (Fsp3) is 0.304. The second-order valence-electron chi connectivity index (χ2n) is 7.37. The highest BCUT2D eigenvalue weighted by atomic mass is 19.1. The Hall–Kier alpha value is -3.35. The van der Waals surface area contributed by atoms with Crippen LogP contribution in [-0.2, 0) is 6.54 Å². The third-order valence-corrected chi connectivity index (χ3v) is 5.35. The molecule has 1 aromatic heterocycles. The smallest absolute Gasteiger partial charge is 0.253 e. The molecule has 7 heteroatoms. The van der Waals surface area contributed by atoms with Crippen LogP contribution in [0.15, 0.2) is 48.5 Å². The summed E-state index contributed by atoms with van der Waals surface area (Å²) in [6.45, 7) is 2.03. The maximum absolute atomic E-state index is 13.9. The second-order valence-corrected chi connectivity index (χ2v) is 7.37. The minimum Gasteiger partial charge on any atom is -0.496 e. The molecular formula is C23H25FN4O2. The van der Waals surface area contributed by atoms with Crippen LogP contribution in [0.25, 0.3) is 11.3 Å². The van der Waals surface area contributed by atoms with Gasteiger partial charge in [0.2, 0.25) is 0 Å². The Kier molecular flexibility index (Phi) is 5.97. The molecule has 2 heterocycles. The molecule has 2 N–H and O–H groups in total. The number of piperidine rings is 1. The number of carbonyl (C=O) groups excluding carboxylic acids is 1. The number of hydrogen-bond acceptors (Lipinski definition) is 4. The van der Waals surface area contributed by atoms with Crippen molar-refractivity contribution in [2.24, 2.45) is 0 Å². The molecule has 1 amide bonds. The van der Waals surface area contributed by atoms with Gasteiger partial charge in [0.15, 0.2) is 0 Å². The predicted molar refractivity (Wildman–Crippen MR) is 114 cm³/mol. The molecule has 1 fully saturated rings. The number of hydrogen-bond donors (Lipinski definition) is 2. The molecule has 0 radical (unpaired) electrons. The number of anilines is 1. The lowest BCUT2D eigenvalue weighted by molar-refractivity contribution is 0.0950. The third-order valence-electron chi connectivity index (χ3n) is 5.35. The zero-order chi connectivity index (χ0) is 20.9. The number of aromatic nitrogens is 2. The van der Waals surface area contributed by atoms with Crippen molar-refractivity contribution in [2.45, 2.75) is 25.8 Å². The fourth-order valence-corrected chi connectivity index (χ4v) is 3.82. The number of H-pyrrole nitrogens is 1. The molecule has 1 aliphatic rings. The highest BCUT2D eigenvalue weighted by molar-refractivity contribution is 5.99. The summed E-state index contributed by atoms with van der Waals surface area (Å²) in [6, 6.07) is 13.9. The number of para-hydroxylation sites is 1. The van der Waals surface area contributed by atoms with Crippen LogP contribution in [0.2, 0.25) is 0 Å². The third kappa shape index (κ3) is 4.30. The normalized spacial score (nSPS) is 13.9. The lowest BCUT2D eigenvalue weighted by Gasteiger charge is -2.30. The van der Waals surface area contributed by atoms with Crippen LogP contribution in [0.1, 0.15) is 35.3 Å². The average Bonchev–Trinajstić information content (AvgIpc) is 3.27. The van der Waals surface area contributed by atoms with E-state index < -0.39 is 5.82 Å². The van der Waals surface area contributed by atoms with E-state index in [9.17, 15) is 9.18 Å². The van der Waals surface area contributed by atoms with Gasteiger partial charge in [0, 0.05) is 24.3 Å². The number of methoxy groups -OCH3 is 1. The second kappa shape index (κ2) is 8.98. The topological polar surface area (TPSA) is 70.2 Å². The standard InChI is InChI=1S/C23H25FN4O2/c1-30-22-8-4-3-7-18(22)20-14-17(26-27-20)15-25-23(29)19-13-16(24)9-10-21(19)28-11-5-2-6-12-28/h3-4,7-10,13-14H,2,5-6,11-12,15H2,1H3,(H,25,29)(H,26,27). The van der Waals surface area contributed by atoms with Gasteiger partial charge in [0.05, 0.1) is 30.6 Å². The van der Waals surface area contributed by atoms with Crippen LogP contribution in [0.5, 0.6) is 5.75 Å². The van der Waals surface area contributed by atoms with Gasteiger partial charge < -0.3 is 15.0 Å². The molecule has 156 valence electrons. The Morgan fingerprint density at radius 1 is 1.17 bits per heavy atom. The largest absolute Gasteiger partial charge is 0.496 e. The zero-order valence-electron chi connectivity index (χ0n) is 17.0. The van der Waals surface area contributed by atoms with Crippen LogP contribution < -0.4 is 15.0 Å². The van der Waals surface area contributed by atoms with Gasteiger partial charge in [-0.15, -0.1) is 0 Å². The quantitative estimate of drug-likeness (QED) is 0.643. The Bertz CT molecular complexity index is 1030. The summed E-state index contributed by atoms with van der Waals surface area (Å²) in [4.78, 5) is 15.0. The molecule has 2 aromatic carbocycles. The van der Waals surface area contributed by atoms with Gasteiger partial charge in [-0.2, -0.15) is 5.10 Å². The van der Waals surface area contributed by atoms with E-state index in [0.29, 0.717) is 5.56 Å². The molecule has 30 heavy (non-hydrogen) atoms. The summed E-state index contributed by atoms with van der Waals surface area (Å²) in [7, 11) is 1.62. The van der Waals surface area contributed by atoms with Gasteiger partial charge in [0.1, 0.15) is 11.6 Å². The van der Waals surface area contributed by atoms with Crippen LogP contribution in [0.4, 0.5) is 10.1 Å². The zero-order valence-corrected chi connectivity index (χ0v) is 17.0. The highest BCUT2D eigenvalue weighted by Crippen LogP contribution is 2.28. The van der Waals surface area contributed by atoms with Crippen LogP contribution >= 0.6 is 0 Å². The summed E-state index contributed by atoms with van der Waals surface area (Å²) >= 11 is 0. The van der Waals surface area contributed by atoms with Crippen molar-refractivity contribution in [1.82, 2.24) is 15.5 Å². The fourth-order valence-electron chi connectivity index (χ4n) is 3.82. The molecular weight excluding hydrogens is 383 g/mol. The van der Waals surface area contributed by atoms with E-state index in [1.807, 2.05) is 30.3 Å². The molecule has 0 atom stereocenters. The molecule has 1 aliphatic heterocycles. The van der Waals surface area contributed by atoms with E-state index in [0.717, 1.165) is 54.3 Å². The SMILES string of the molecule is COc1ccccc1-c1cc(CNC(=O)c2cc(F)ccc2N2CCCCC2)[nH]n1. The minimum atomic E-state index is -0.416. The van der Waals surface area contributed by atoms with E-state index in [2.05, 4.69) is 20.4 Å². The van der Waals surface area contributed by atoms with Crippen molar-refractivity contribution in [3.63, 3.8) is 0 Å². The van der Waals surface area contributed by atoms with E-state index in [-0.39, 0.29) is 12.5 Å². The molecule has 4 rings (SSSR count). The number of rotatable bonds is 6. The number of benzene rings is 2. The van der Waals surface area contributed by atoms with Crippen molar-refractivity contribution >= 4 is 11.6 Å². The molecule has 6 nitrogen and oxygen atoms in total. The van der Waals surface area contributed by atoms with Crippen LogP contribution in [0, 0.1) is 5.82 Å². The van der Waals surface area contributed by atoms with Crippen molar-refractivity contribution in [1.29, 1.82) is 0 Å². The first-order chi connectivity index (χ1) is 14.7. The molecule has 0 saturated carbocycles. The Morgan fingerprint density at radius 2 is 1.97 bits per heavy atom. The van der Waals surface area contributed by atoms with E-state index in [1.165, 1.54) is 18.6 Å².